The molecular weight excluding hydrogens is 312 g/mol. The molecule has 0 unspecified atom stereocenters. The lowest BCUT2D eigenvalue weighted by Gasteiger charge is -2.15. The van der Waals surface area contributed by atoms with Crippen LogP contribution in [0.15, 0.2) is 24.3 Å². The highest BCUT2D eigenvalue weighted by Crippen LogP contribution is 2.10. The van der Waals surface area contributed by atoms with Gasteiger partial charge in [-0.05, 0) is 37.1 Å². The highest BCUT2D eigenvalue weighted by atomic mass is 16.2. The van der Waals surface area contributed by atoms with Gasteiger partial charge < -0.3 is 21.3 Å². The van der Waals surface area contributed by atoms with Crippen molar-refractivity contribution in [1.82, 2.24) is 10.2 Å². The number of carbonyl (C=O) groups excluding carboxylic acids is 4. The molecule has 4 amide bonds. The molecule has 0 spiro atoms. The minimum Gasteiger partial charge on any atom is -0.366 e. The van der Waals surface area contributed by atoms with Gasteiger partial charge in [0.05, 0.1) is 0 Å². The lowest BCUT2D eigenvalue weighted by atomic mass is 10.2. The Morgan fingerprint density at radius 1 is 1.12 bits per heavy atom. The third-order valence-corrected chi connectivity index (χ3v) is 3.70. The van der Waals surface area contributed by atoms with Gasteiger partial charge in [-0.2, -0.15) is 0 Å². The summed E-state index contributed by atoms with van der Waals surface area (Å²) in [5.41, 5.74) is 5.83. The summed E-state index contributed by atoms with van der Waals surface area (Å²) in [6.07, 6.45) is 2.06. The van der Waals surface area contributed by atoms with Crippen LogP contribution in [-0.2, 0) is 14.4 Å². The van der Waals surface area contributed by atoms with E-state index in [2.05, 4.69) is 10.6 Å². The standard InChI is InChI=1S/C16H20N4O4/c17-14(22)11-4-6-12(7-5-11)19-16(24)15(23)18-8-2-10-20-9-1-3-13(20)21/h4-7H,1-3,8-10H2,(H2,17,22)(H,18,23)(H,19,24). The number of primary amides is 1. The first-order chi connectivity index (χ1) is 11.5. The van der Waals surface area contributed by atoms with Gasteiger partial charge in [0, 0.05) is 37.3 Å². The van der Waals surface area contributed by atoms with E-state index in [1.807, 2.05) is 0 Å². The van der Waals surface area contributed by atoms with Gasteiger partial charge >= 0.3 is 11.8 Å². The summed E-state index contributed by atoms with van der Waals surface area (Å²) in [4.78, 5) is 47.6. The number of anilines is 1. The molecule has 8 heteroatoms. The monoisotopic (exact) mass is 332 g/mol. The number of likely N-dealkylation sites (tertiary alicyclic amines) is 1. The van der Waals surface area contributed by atoms with Gasteiger partial charge in [0.2, 0.25) is 11.8 Å². The molecule has 8 nitrogen and oxygen atoms in total. The summed E-state index contributed by atoms with van der Waals surface area (Å²) >= 11 is 0. The molecule has 2 rings (SSSR count). The van der Waals surface area contributed by atoms with Crippen molar-refractivity contribution in [3.05, 3.63) is 29.8 Å². The number of hydrogen-bond donors (Lipinski definition) is 3. The van der Waals surface area contributed by atoms with Crippen LogP contribution < -0.4 is 16.4 Å². The first-order valence-corrected chi connectivity index (χ1v) is 7.74. The fourth-order valence-corrected chi connectivity index (χ4v) is 2.40. The van der Waals surface area contributed by atoms with E-state index in [1.54, 1.807) is 4.90 Å². The van der Waals surface area contributed by atoms with E-state index in [4.69, 9.17) is 5.73 Å². The smallest absolute Gasteiger partial charge is 0.313 e. The molecule has 1 saturated heterocycles. The zero-order valence-electron chi connectivity index (χ0n) is 13.2. The van der Waals surface area contributed by atoms with Crippen molar-refractivity contribution < 1.29 is 19.2 Å². The van der Waals surface area contributed by atoms with Crippen LogP contribution in [0.5, 0.6) is 0 Å². The van der Waals surface area contributed by atoms with Crippen molar-refractivity contribution >= 4 is 29.3 Å². The van der Waals surface area contributed by atoms with Gasteiger partial charge in [-0.3, -0.25) is 19.2 Å². The number of hydrogen-bond acceptors (Lipinski definition) is 4. The molecule has 0 saturated carbocycles. The highest BCUT2D eigenvalue weighted by Gasteiger charge is 2.19. The zero-order valence-corrected chi connectivity index (χ0v) is 13.2. The third-order valence-electron chi connectivity index (χ3n) is 3.70. The molecule has 1 aliphatic rings. The molecule has 0 aromatic heterocycles. The number of nitrogens with zero attached hydrogens (tertiary/aromatic N) is 1. The molecule has 0 radical (unpaired) electrons. The topological polar surface area (TPSA) is 122 Å². The van der Waals surface area contributed by atoms with Crippen LogP contribution in [0.4, 0.5) is 5.69 Å². The van der Waals surface area contributed by atoms with E-state index >= 15 is 0 Å². The number of benzene rings is 1. The van der Waals surface area contributed by atoms with Gasteiger partial charge in [-0.1, -0.05) is 0 Å². The summed E-state index contributed by atoms with van der Waals surface area (Å²) in [5, 5.41) is 4.94. The van der Waals surface area contributed by atoms with Crippen molar-refractivity contribution in [2.75, 3.05) is 25.0 Å². The Hall–Kier alpha value is -2.90. The van der Waals surface area contributed by atoms with Crippen LogP contribution >= 0.6 is 0 Å². The van der Waals surface area contributed by atoms with E-state index < -0.39 is 17.7 Å². The van der Waals surface area contributed by atoms with E-state index in [9.17, 15) is 19.2 Å². The quantitative estimate of drug-likeness (QED) is 0.495. The second-order valence-corrected chi connectivity index (χ2v) is 5.49. The first-order valence-electron chi connectivity index (χ1n) is 7.74. The molecule has 1 heterocycles. The van der Waals surface area contributed by atoms with Crippen LogP contribution in [0.1, 0.15) is 29.6 Å². The summed E-state index contributed by atoms with van der Waals surface area (Å²) in [6, 6.07) is 5.90. The largest absolute Gasteiger partial charge is 0.366 e. The molecule has 0 aliphatic carbocycles. The van der Waals surface area contributed by atoms with Crippen LogP contribution in [0.3, 0.4) is 0 Å². The molecule has 1 aliphatic heterocycles. The predicted octanol–water partition coefficient (Wildman–Crippen LogP) is -0.147. The summed E-state index contributed by atoms with van der Waals surface area (Å²) in [5.74, 6) is -1.97. The Morgan fingerprint density at radius 3 is 2.42 bits per heavy atom. The fraction of sp³-hybridized carbons (Fsp3) is 0.375. The summed E-state index contributed by atoms with van der Waals surface area (Å²) < 4.78 is 0. The molecule has 0 atom stereocenters. The maximum Gasteiger partial charge on any atom is 0.313 e. The van der Waals surface area contributed by atoms with Gasteiger partial charge in [-0.25, -0.2) is 0 Å². The van der Waals surface area contributed by atoms with Crippen LogP contribution in [0, 0.1) is 0 Å². The number of nitrogens with one attached hydrogen (secondary N) is 2. The van der Waals surface area contributed by atoms with Crippen molar-refractivity contribution in [2.24, 2.45) is 5.73 Å². The molecule has 1 aromatic carbocycles. The van der Waals surface area contributed by atoms with Gasteiger partial charge in [0.25, 0.3) is 0 Å². The molecule has 1 aromatic rings. The van der Waals surface area contributed by atoms with Crippen LogP contribution in [-0.4, -0.2) is 48.2 Å². The molecule has 1 fully saturated rings. The maximum absolute atomic E-state index is 11.8. The van der Waals surface area contributed by atoms with Gasteiger partial charge in [0.15, 0.2) is 0 Å². The number of amides is 4. The van der Waals surface area contributed by atoms with E-state index in [1.165, 1.54) is 24.3 Å². The number of rotatable bonds is 6. The SMILES string of the molecule is NC(=O)c1ccc(NC(=O)C(=O)NCCCN2CCCC2=O)cc1. The van der Waals surface area contributed by atoms with Crippen molar-refractivity contribution in [3.63, 3.8) is 0 Å². The predicted molar refractivity (Wildman–Crippen MR) is 87.0 cm³/mol. The third kappa shape index (κ3) is 4.80. The Kier molecular flexibility index (Phi) is 5.89. The van der Waals surface area contributed by atoms with Crippen LogP contribution in [0.25, 0.3) is 0 Å². The first kappa shape index (κ1) is 17.5. The molecule has 128 valence electrons. The Bertz CT molecular complexity index is 642. The molecule has 24 heavy (non-hydrogen) atoms. The highest BCUT2D eigenvalue weighted by molar-refractivity contribution is 6.39. The second kappa shape index (κ2) is 8.09. The normalized spacial score (nSPS) is 13.7. The minimum atomic E-state index is -0.793. The minimum absolute atomic E-state index is 0.137. The lowest BCUT2D eigenvalue weighted by Crippen LogP contribution is -2.37. The summed E-state index contributed by atoms with van der Waals surface area (Å²) in [7, 11) is 0. The Balaban J connectivity index is 1.70. The van der Waals surface area contributed by atoms with Crippen LogP contribution in [0.2, 0.25) is 0 Å². The second-order valence-electron chi connectivity index (χ2n) is 5.49. The molecular formula is C16H20N4O4. The van der Waals surface area contributed by atoms with Gasteiger partial charge in [0.1, 0.15) is 0 Å². The average molecular weight is 332 g/mol. The van der Waals surface area contributed by atoms with Crippen molar-refractivity contribution in [2.45, 2.75) is 19.3 Å². The molecule has 0 bridgehead atoms. The number of nitrogens with two attached hydrogens (primary N) is 1. The van der Waals surface area contributed by atoms with Crippen molar-refractivity contribution in [3.8, 4) is 0 Å². The average Bonchev–Trinajstić information content (AvgIpc) is 2.97. The zero-order chi connectivity index (χ0) is 17.5. The number of carbonyl (C=O) groups is 4. The van der Waals surface area contributed by atoms with Crippen molar-refractivity contribution in [1.29, 1.82) is 0 Å². The fourth-order valence-electron chi connectivity index (χ4n) is 2.40. The Labute approximate surface area is 139 Å². The van der Waals surface area contributed by atoms with E-state index in [0.717, 1.165) is 13.0 Å². The van der Waals surface area contributed by atoms with Gasteiger partial charge in [-0.15, -0.1) is 0 Å². The lowest BCUT2D eigenvalue weighted by molar-refractivity contribution is -0.136. The summed E-state index contributed by atoms with van der Waals surface area (Å²) in [6.45, 7) is 1.65. The molecule has 4 N–H and O–H groups in total. The maximum atomic E-state index is 11.8. The van der Waals surface area contributed by atoms with E-state index in [-0.39, 0.29) is 5.91 Å². The van der Waals surface area contributed by atoms with E-state index in [0.29, 0.717) is 37.2 Å². The Morgan fingerprint density at radius 2 is 1.83 bits per heavy atom.